The number of allylic oxidation sites excluding steroid dienone is 2. The molecule has 0 bridgehead atoms. The lowest BCUT2D eigenvalue weighted by Gasteiger charge is -2.37. The first-order valence-corrected chi connectivity index (χ1v) is 9.94. The monoisotopic (exact) mass is 359 g/mol. The topological polar surface area (TPSA) is 60.0 Å². The van der Waals surface area contributed by atoms with Crippen molar-refractivity contribution < 1.29 is 4.74 Å². The van der Waals surface area contributed by atoms with Gasteiger partial charge in [0.1, 0.15) is 11.7 Å². The van der Waals surface area contributed by atoms with Crippen LogP contribution in [0.3, 0.4) is 0 Å². The van der Waals surface area contributed by atoms with Gasteiger partial charge in [0.15, 0.2) is 0 Å². The molecule has 2 unspecified atom stereocenters. The lowest BCUT2D eigenvalue weighted by Crippen LogP contribution is -2.34. The van der Waals surface area contributed by atoms with Crippen molar-refractivity contribution >= 4 is 11.8 Å². The fourth-order valence-electron chi connectivity index (χ4n) is 4.63. The Balaban J connectivity index is 1.60. The molecule has 0 aliphatic carbocycles. The van der Waals surface area contributed by atoms with E-state index in [1.807, 2.05) is 19.1 Å². The number of nitrogens with zero attached hydrogens (tertiary/aromatic N) is 3. The van der Waals surface area contributed by atoms with E-state index in [9.17, 15) is 10.5 Å². The third kappa shape index (κ3) is 3.58. The van der Waals surface area contributed by atoms with E-state index in [1.165, 1.54) is 48.3 Å². The van der Waals surface area contributed by atoms with Gasteiger partial charge in [0.25, 0.3) is 0 Å². The molecule has 0 aromatic heterocycles. The molecule has 0 amide bonds. The van der Waals surface area contributed by atoms with E-state index in [4.69, 9.17) is 4.74 Å². The van der Waals surface area contributed by atoms with E-state index < -0.39 is 5.92 Å². The predicted molar refractivity (Wildman–Crippen MR) is 106 cm³/mol. The van der Waals surface area contributed by atoms with Gasteiger partial charge in [-0.1, -0.05) is 6.08 Å². The van der Waals surface area contributed by atoms with Crippen molar-refractivity contribution in [2.45, 2.75) is 45.1 Å². The predicted octanol–water partition coefficient (Wildman–Crippen LogP) is 4.37. The Labute approximate surface area is 161 Å². The number of benzene rings is 1. The van der Waals surface area contributed by atoms with Crippen LogP contribution >= 0.6 is 0 Å². The van der Waals surface area contributed by atoms with Gasteiger partial charge < -0.3 is 9.64 Å². The van der Waals surface area contributed by atoms with E-state index >= 15 is 0 Å². The Morgan fingerprint density at radius 1 is 1.11 bits per heavy atom. The molecular weight excluding hydrogens is 334 g/mol. The number of anilines is 1. The number of hydrogen-bond acceptors (Lipinski definition) is 4. The van der Waals surface area contributed by atoms with Gasteiger partial charge in [-0.3, -0.25) is 0 Å². The molecule has 0 radical (unpaired) electrons. The number of hydrogen-bond donors (Lipinski definition) is 0. The molecule has 3 aliphatic heterocycles. The quantitative estimate of drug-likeness (QED) is 0.804. The second-order valence-corrected chi connectivity index (χ2v) is 7.85. The van der Waals surface area contributed by atoms with Gasteiger partial charge >= 0.3 is 0 Å². The molecule has 3 aliphatic rings. The van der Waals surface area contributed by atoms with Crippen LogP contribution in [0.2, 0.25) is 0 Å². The average Bonchev–Trinajstić information content (AvgIpc) is 2.67. The summed E-state index contributed by atoms with van der Waals surface area (Å²) in [4.78, 5) is 2.55. The highest BCUT2D eigenvalue weighted by Gasteiger charge is 2.27. The van der Waals surface area contributed by atoms with E-state index in [1.54, 1.807) is 0 Å². The maximum absolute atomic E-state index is 9.19. The van der Waals surface area contributed by atoms with Crippen LogP contribution in [0.1, 0.15) is 42.9 Å². The van der Waals surface area contributed by atoms with Crippen molar-refractivity contribution in [2.75, 3.05) is 18.0 Å². The van der Waals surface area contributed by atoms with Crippen molar-refractivity contribution in [3.63, 3.8) is 0 Å². The molecule has 4 rings (SSSR count). The summed E-state index contributed by atoms with van der Waals surface area (Å²) in [6.45, 7) is 4.37. The van der Waals surface area contributed by atoms with Crippen molar-refractivity contribution in [1.29, 1.82) is 10.5 Å². The Bertz CT molecular complexity index is 826. The zero-order chi connectivity index (χ0) is 18.8. The Morgan fingerprint density at radius 3 is 2.41 bits per heavy atom. The number of nitriles is 2. The van der Waals surface area contributed by atoms with Gasteiger partial charge in [-0.25, -0.2) is 0 Å². The number of aryl methyl sites for hydroxylation is 2. The van der Waals surface area contributed by atoms with Crippen molar-refractivity contribution in [1.82, 2.24) is 0 Å². The molecule has 0 saturated heterocycles. The second kappa shape index (κ2) is 7.49. The van der Waals surface area contributed by atoms with Crippen LogP contribution in [0.4, 0.5) is 5.69 Å². The molecule has 0 saturated carbocycles. The zero-order valence-corrected chi connectivity index (χ0v) is 15.8. The molecule has 1 aromatic carbocycles. The Kier molecular flexibility index (Phi) is 4.90. The second-order valence-electron chi connectivity index (χ2n) is 7.85. The van der Waals surface area contributed by atoms with Crippen molar-refractivity contribution in [2.24, 2.45) is 11.8 Å². The van der Waals surface area contributed by atoms with E-state index in [-0.39, 0.29) is 12.0 Å². The summed E-state index contributed by atoms with van der Waals surface area (Å²) in [6, 6.07) is 8.83. The van der Waals surface area contributed by atoms with Crippen LogP contribution in [0.15, 0.2) is 30.0 Å². The van der Waals surface area contributed by atoms with Crippen LogP contribution in [0.5, 0.6) is 0 Å². The van der Waals surface area contributed by atoms with Crippen LogP contribution in [-0.2, 0) is 17.6 Å². The molecule has 4 nitrogen and oxygen atoms in total. The van der Waals surface area contributed by atoms with Crippen LogP contribution in [-0.4, -0.2) is 19.2 Å². The molecule has 138 valence electrons. The summed E-state index contributed by atoms with van der Waals surface area (Å²) < 4.78 is 5.92. The van der Waals surface area contributed by atoms with Gasteiger partial charge in [0.2, 0.25) is 0 Å². The summed E-state index contributed by atoms with van der Waals surface area (Å²) in [5, 5.41) is 18.4. The maximum atomic E-state index is 9.19. The van der Waals surface area contributed by atoms with Gasteiger partial charge in [-0.15, -0.1) is 0 Å². The summed E-state index contributed by atoms with van der Waals surface area (Å²) >= 11 is 0. The number of rotatable bonds is 3. The lowest BCUT2D eigenvalue weighted by molar-refractivity contribution is 0.0989. The first-order valence-electron chi connectivity index (χ1n) is 9.94. The smallest absolute Gasteiger partial charge is 0.139 e. The minimum Gasteiger partial charge on any atom is -0.491 e. The molecule has 0 N–H and O–H groups in total. The SMILES string of the molecule is CC1CC(C(C#N)C#N)C=C(/C=C/c2cc3c4c(c2)CCCN4CCC3)O1. The molecule has 3 heterocycles. The third-order valence-corrected chi connectivity index (χ3v) is 5.82. The normalized spacial score (nSPS) is 24.0. The van der Waals surface area contributed by atoms with Crippen LogP contribution in [0.25, 0.3) is 6.08 Å². The average molecular weight is 359 g/mol. The summed E-state index contributed by atoms with van der Waals surface area (Å²) in [7, 11) is 0. The van der Waals surface area contributed by atoms with Crippen molar-refractivity contribution in [3.05, 3.63) is 46.7 Å². The first-order chi connectivity index (χ1) is 13.2. The molecular formula is C23H25N3O. The summed E-state index contributed by atoms with van der Waals surface area (Å²) in [6.07, 6.45) is 11.6. The van der Waals surface area contributed by atoms with E-state index in [2.05, 4.69) is 35.2 Å². The molecule has 0 spiro atoms. The van der Waals surface area contributed by atoms with Crippen LogP contribution in [0, 0.1) is 34.5 Å². The van der Waals surface area contributed by atoms with Gasteiger partial charge in [0, 0.05) is 24.7 Å². The Hall–Kier alpha value is -2.72. The minimum atomic E-state index is -0.612. The maximum Gasteiger partial charge on any atom is 0.139 e. The zero-order valence-electron chi connectivity index (χ0n) is 15.8. The summed E-state index contributed by atoms with van der Waals surface area (Å²) in [5.41, 5.74) is 5.63. The van der Waals surface area contributed by atoms with Crippen molar-refractivity contribution in [3.8, 4) is 12.1 Å². The molecule has 27 heavy (non-hydrogen) atoms. The third-order valence-electron chi connectivity index (χ3n) is 5.82. The number of ether oxygens (including phenoxy) is 1. The molecule has 2 atom stereocenters. The fourth-order valence-corrected chi connectivity index (χ4v) is 4.63. The highest BCUT2D eigenvalue weighted by Crippen LogP contribution is 2.36. The molecule has 0 fully saturated rings. The van der Waals surface area contributed by atoms with Gasteiger partial charge in [-0.05, 0) is 80.0 Å². The van der Waals surface area contributed by atoms with Gasteiger partial charge in [-0.2, -0.15) is 10.5 Å². The lowest BCUT2D eigenvalue weighted by atomic mass is 9.87. The Morgan fingerprint density at radius 2 is 1.78 bits per heavy atom. The highest BCUT2D eigenvalue weighted by atomic mass is 16.5. The van der Waals surface area contributed by atoms with E-state index in [0.717, 1.165) is 18.6 Å². The van der Waals surface area contributed by atoms with E-state index in [0.29, 0.717) is 6.42 Å². The first kappa shape index (κ1) is 17.7. The highest BCUT2D eigenvalue weighted by molar-refractivity contribution is 5.68. The fraction of sp³-hybridized carbons (Fsp3) is 0.478. The largest absolute Gasteiger partial charge is 0.491 e. The summed E-state index contributed by atoms with van der Waals surface area (Å²) in [5.74, 6) is 0.0860. The van der Waals surface area contributed by atoms with Crippen LogP contribution < -0.4 is 4.90 Å². The standard InChI is InChI=1S/C23H25N3O/c1-16-10-20(21(14-24)15-25)13-22(27-16)7-6-17-11-18-4-2-8-26-9-3-5-19(12-17)23(18)26/h6-7,11-13,16,20-21H,2-5,8-10H2,1H3/b7-6+. The molecule has 1 aromatic rings. The minimum absolute atomic E-state index is 0.0158. The molecule has 4 heteroatoms. The van der Waals surface area contributed by atoms with Gasteiger partial charge in [0.05, 0.1) is 18.2 Å².